The predicted molar refractivity (Wildman–Crippen MR) is 216 cm³/mol. The van der Waals surface area contributed by atoms with Crippen molar-refractivity contribution in [2.75, 3.05) is 45.3 Å². The molecule has 2 aromatic carbocycles. The third kappa shape index (κ3) is 14.9. The number of benzene rings is 2. The maximum Gasteiger partial charge on any atom is 0.410 e. The second-order valence-electron chi connectivity index (χ2n) is 16.9. The Kier molecular flexibility index (Phi) is 16.5. The van der Waals surface area contributed by atoms with Crippen molar-refractivity contribution in [2.45, 2.75) is 129 Å². The van der Waals surface area contributed by atoms with Crippen molar-refractivity contribution in [1.82, 2.24) is 9.80 Å². The van der Waals surface area contributed by atoms with E-state index >= 15 is 0 Å². The molecule has 2 amide bonds. The Morgan fingerprint density at radius 2 is 1.43 bits per heavy atom. The van der Waals surface area contributed by atoms with Crippen molar-refractivity contribution in [3.63, 3.8) is 0 Å². The summed E-state index contributed by atoms with van der Waals surface area (Å²) in [6.45, 7) is 12.1. The SMILES string of the molecule is C[C@@H](OC(=O)[C@H](CC1CC1)N(C)C(=O)[C@@H](CCc1ccc(N2CCOCC2)cc1)OC(=O)[C@H](CCC(C)(C)F)N(C)C(=O)OC(C)(C)C)C(=O)OCc1ccccc1. The maximum atomic E-state index is 14.8. The van der Waals surface area contributed by atoms with Crippen LogP contribution in [0.5, 0.6) is 0 Å². The zero-order chi connectivity index (χ0) is 42.6. The van der Waals surface area contributed by atoms with Crippen molar-refractivity contribution in [3.8, 4) is 0 Å². The Morgan fingerprint density at radius 1 is 0.810 bits per heavy atom. The number of amides is 2. The van der Waals surface area contributed by atoms with Crippen molar-refractivity contribution in [1.29, 1.82) is 0 Å². The molecular formula is C44H62FN3O10. The molecule has 1 heterocycles. The number of carbonyl (C=O) groups is 5. The molecule has 4 rings (SSSR count). The lowest BCUT2D eigenvalue weighted by Gasteiger charge is -2.33. The molecule has 14 heteroatoms. The summed E-state index contributed by atoms with van der Waals surface area (Å²) in [7, 11) is 2.82. The van der Waals surface area contributed by atoms with Crippen LogP contribution in [0.1, 0.15) is 91.2 Å². The van der Waals surface area contributed by atoms with Gasteiger partial charge in [0.15, 0.2) is 12.2 Å². The van der Waals surface area contributed by atoms with Gasteiger partial charge in [0.05, 0.1) is 13.2 Å². The molecule has 2 fully saturated rings. The van der Waals surface area contributed by atoms with Gasteiger partial charge in [0.25, 0.3) is 5.91 Å². The Labute approximate surface area is 342 Å². The fourth-order valence-corrected chi connectivity index (χ4v) is 6.46. The van der Waals surface area contributed by atoms with Gasteiger partial charge in [-0.05, 0) is 103 Å². The number of halogens is 1. The fourth-order valence-electron chi connectivity index (χ4n) is 6.46. The van der Waals surface area contributed by atoms with Crippen molar-refractivity contribution in [2.24, 2.45) is 5.92 Å². The van der Waals surface area contributed by atoms with Gasteiger partial charge in [-0.3, -0.25) is 9.69 Å². The number of ether oxygens (including phenoxy) is 5. The maximum absolute atomic E-state index is 14.8. The summed E-state index contributed by atoms with van der Waals surface area (Å²) in [4.78, 5) is 72.8. The highest BCUT2D eigenvalue weighted by Gasteiger charge is 2.41. The first-order chi connectivity index (χ1) is 27.3. The van der Waals surface area contributed by atoms with Crippen LogP contribution in [0.4, 0.5) is 14.9 Å². The average Bonchev–Trinajstić information content (AvgIpc) is 4.01. The Balaban J connectivity index is 1.55. The third-order valence-electron chi connectivity index (χ3n) is 10.2. The highest BCUT2D eigenvalue weighted by molar-refractivity contribution is 5.90. The van der Waals surface area contributed by atoms with E-state index in [9.17, 15) is 28.4 Å². The molecule has 0 radical (unpaired) electrons. The summed E-state index contributed by atoms with van der Waals surface area (Å²) in [6, 6.07) is 14.6. The monoisotopic (exact) mass is 811 g/mol. The summed E-state index contributed by atoms with van der Waals surface area (Å²) in [5, 5.41) is 0. The van der Waals surface area contributed by atoms with Gasteiger partial charge in [-0.25, -0.2) is 23.6 Å². The molecule has 0 bridgehead atoms. The van der Waals surface area contributed by atoms with Crippen LogP contribution in [-0.2, 0) is 55.9 Å². The van der Waals surface area contributed by atoms with Gasteiger partial charge in [-0.15, -0.1) is 0 Å². The summed E-state index contributed by atoms with van der Waals surface area (Å²) < 4.78 is 42.8. The van der Waals surface area contributed by atoms with Gasteiger partial charge in [0, 0.05) is 32.9 Å². The molecule has 1 aliphatic heterocycles. The predicted octanol–water partition coefficient (Wildman–Crippen LogP) is 6.43. The van der Waals surface area contributed by atoms with E-state index in [0.29, 0.717) is 19.6 Å². The van der Waals surface area contributed by atoms with Crippen molar-refractivity contribution < 1.29 is 52.0 Å². The number of carbonyl (C=O) groups excluding carboxylic acids is 5. The number of anilines is 1. The Bertz CT molecular complexity index is 1670. The second-order valence-corrected chi connectivity index (χ2v) is 16.9. The topological polar surface area (TPSA) is 141 Å². The first-order valence-corrected chi connectivity index (χ1v) is 20.3. The van der Waals surface area contributed by atoms with E-state index in [4.69, 9.17) is 23.7 Å². The van der Waals surface area contributed by atoms with E-state index in [1.165, 1.54) is 39.8 Å². The molecule has 0 spiro atoms. The first kappa shape index (κ1) is 46.0. The lowest BCUT2D eigenvalue weighted by molar-refractivity contribution is -0.174. The lowest BCUT2D eigenvalue weighted by atomic mass is 10.00. The minimum Gasteiger partial charge on any atom is -0.458 e. The highest BCUT2D eigenvalue weighted by atomic mass is 19.1. The van der Waals surface area contributed by atoms with Crippen LogP contribution in [0.3, 0.4) is 0 Å². The molecule has 1 saturated carbocycles. The summed E-state index contributed by atoms with van der Waals surface area (Å²) in [5.74, 6) is -2.94. The van der Waals surface area contributed by atoms with Crippen LogP contribution in [0.2, 0.25) is 0 Å². The van der Waals surface area contributed by atoms with E-state index in [2.05, 4.69) is 4.90 Å². The first-order valence-electron chi connectivity index (χ1n) is 20.3. The van der Waals surface area contributed by atoms with E-state index in [0.717, 1.165) is 47.6 Å². The van der Waals surface area contributed by atoms with Gasteiger partial charge >= 0.3 is 24.0 Å². The minimum atomic E-state index is -1.67. The van der Waals surface area contributed by atoms with Gasteiger partial charge in [-0.2, -0.15) is 0 Å². The molecule has 0 unspecified atom stereocenters. The Hall–Kier alpha value is -4.72. The molecule has 1 saturated heterocycles. The van der Waals surface area contributed by atoms with Gasteiger partial charge in [-0.1, -0.05) is 55.3 Å². The molecule has 4 atom stereocenters. The van der Waals surface area contributed by atoms with Gasteiger partial charge in [0.2, 0.25) is 0 Å². The minimum absolute atomic E-state index is 0.00137. The molecular weight excluding hydrogens is 749 g/mol. The standard InChI is InChI=1S/C44H62FN3O10/c1-30(39(50)55-29-33-12-10-9-11-13-33)56-41(52)36(28-32-14-15-32)46(7)38(49)37(21-18-31-16-19-34(20-17-31)48-24-26-54-27-25-48)57-40(51)35(22-23-44(5,6)45)47(8)42(53)58-43(2,3)4/h9-13,16-17,19-20,30,32,35-37H,14-15,18,21-29H2,1-8H3/t30-,35+,36+,37-/m1/s1. The van der Waals surface area contributed by atoms with Crippen LogP contribution >= 0.6 is 0 Å². The fraction of sp³-hybridized carbons (Fsp3) is 0.614. The Morgan fingerprint density at radius 3 is 2.02 bits per heavy atom. The number of morpholine rings is 1. The van der Waals surface area contributed by atoms with E-state index < -0.39 is 65.5 Å². The molecule has 320 valence electrons. The molecule has 2 aromatic rings. The molecule has 58 heavy (non-hydrogen) atoms. The number of esters is 3. The molecule has 0 aromatic heterocycles. The number of alkyl halides is 1. The quantitative estimate of drug-likeness (QED) is 0.114. The molecule has 13 nitrogen and oxygen atoms in total. The summed E-state index contributed by atoms with van der Waals surface area (Å²) >= 11 is 0. The largest absolute Gasteiger partial charge is 0.458 e. The van der Waals surface area contributed by atoms with Crippen LogP contribution in [0.25, 0.3) is 0 Å². The van der Waals surface area contributed by atoms with E-state index in [-0.39, 0.29) is 38.2 Å². The van der Waals surface area contributed by atoms with Gasteiger partial charge < -0.3 is 33.5 Å². The number of likely N-dealkylation sites (N-methyl/N-ethyl adjacent to an activating group) is 2. The van der Waals surface area contributed by atoms with E-state index in [1.807, 2.05) is 42.5 Å². The smallest absolute Gasteiger partial charge is 0.410 e. The summed E-state index contributed by atoms with van der Waals surface area (Å²) in [5.41, 5.74) is 0.144. The number of aryl methyl sites for hydroxylation is 1. The number of hydrogen-bond acceptors (Lipinski definition) is 11. The zero-order valence-electron chi connectivity index (χ0n) is 35.4. The third-order valence-corrected chi connectivity index (χ3v) is 10.2. The second kappa shape index (κ2) is 20.8. The summed E-state index contributed by atoms with van der Waals surface area (Å²) in [6.07, 6.45) is -1.27. The van der Waals surface area contributed by atoms with Crippen molar-refractivity contribution >= 4 is 35.6 Å². The molecule has 2 aliphatic rings. The van der Waals surface area contributed by atoms with Crippen LogP contribution in [0, 0.1) is 5.92 Å². The number of hydrogen-bond donors (Lipinski definition) is 0. The van der Waals surface area contributed by atoms with Crippen LogP contribution in [-0.4, -0.2) is 116 Å². The zero-order valence-corrected chi connectivity index (χ0v) is 35.4. The van der Waals surface area contributed by atoms with E-state index in [1.54, 1.807) is 32.9 Å². The lowest BCUT2D eigenvalue weighted by Crippen LogP contribution is -2.51. The van der Waals surface area contributed by atoms with Crippen LogP contribution < -0.4 is 4.90 Å². The molecule has 1 aliphatic carbocycles. The number of nitrogens with zero attached hydrogens (tertiary/aromatic N) is 3. The van der Waals surface area contributed by atoms with Crippen LogP contribution in [0.15, 0.2) is 54.6 Å². The normalized spacial score (nSPS) is 16.6. The van der Waals surface area contributed by atoms with Crippen molar-refractivity contribution in [3.05, 3.63) is 65.7 Å². The number of rotatable bonds is 19. The average molecular weight is 812 g/mol. The molecule has 0 N–H and O–H groups in total. The van der Waals surface area contributed by atoms with Gasteiger partial charge in [0.1, 0.15) is 30.0 Å². The highest BCUT2D eigenvalue weighted by Crippen LogP contribution is 2.35.